The van der Waals surface area contributed by atoms with Gasteiger partial charge in [-0.25, -0.2) is 0 Å². The van der Waals surface area contributed by atoms with Crippen molar-refractivity contribution in [3.8, 4) is 6.07 Å². The van der Waals surface area contributed by atoms with E-state index in [1.165, 1.54) is 16.7 Å². The summed E-state index contributed by atoms with van der Waals surface area (Å²) >= 11 is 0. The molecule has 1 N–H and O–H groups in total. The molecular formula is C15H22N2. The monoisotopic (exact) mass is 230 g/mol. The van der Waals surface area contributed by atoms with Gasteiger partial charge < -0.3 is 5.32 Å². The molecule has 0 aliphatic heterocycles. The van der Waals surface area contributed by atoms with Crippen LogP contribution in [0.25, 0.3) is 0 Å². The summed E-state index contributed by atoms with van der Waals surface area (Å²) in [7, 11) is 1.93. The SMILES string of the molecule is CNC(c1ccc(C)cc1C)C(C#N)C(C)C. The minimum atomic E-state index is 0.00130. The maximum atomic E-state index is 9.31. The van der Waals surface area contributed by atoms with E-state index in [1.54, 1.807) is 0 Å². The lowest BCUT2D eigenvalue weighted by Crippen LogP contribution is -2.28. The van der Waals surface area contributed by atoms with Crippen molar-refractivity contribution in [2.45, 2.75) is 33.7 Å². The zero-order valence-corrected chi connectivity index (χ0v) is 11.4. The Balaban J connectivity index is 3.13. The van der Waals surface area contributed by atoms with Gasteiger partial charge in [0.25, 0.3) is 0 Å². The van der Waals surface area contributed by atoms with Gasteiger partial charge in [0.05, 0.1) is 12.0 Å². The fourth-order valence-electron chi connectivity index (χ4n) is 2.31. The van der Waals surface area contributed by atoms with Crippen LogP contribution in [0.1, 0.15) is 36.6 Å². The predicted molar refractivity (Wildman–Crippen MR) is 71.7 cm³/mol. The normalized spacial score (nSPS) is 14.4. The summed E-state index contributed by atoms with van der Waals surface area (Å²) in [6.45, 7) is 8.40. The number of aryl methyl sites for hydroxylation is 2. The van der Waals surface area contributed by atoms with Crippen molar-refractivity contribution in [3.05, 3.63) is 34.9 Å². The lowest BCUT2D eigenvalue weighted by Gasteiger charge is -2.26. The quantitative estimate of drug-likeness (QED) is 0.861. The molecule has 0 aromatic heterocycles. The molecule has 2 nitrogen and oxygen atoms in total. The molecule has 0 radical (unpaired) electrons. The van der Waals surface area contributed by atoms with Gasteiger partial charge in [-0.3, -0.25) is 0 Å². The fourth-order valence-corrected chi connectivity index (χ4v) is 2.31. The Morgan fingerprint density at radius 1 is 1.24 bits per heavy atom. The van der Waals surface area contributed by atoms with Crippen LogP contribution in [0.3, 0.4) is 0 Å². The second-order valence-electron chi connectivity index (χ2n) is 5.03. The Bertz CT molecular complexity index is 415. The van der Waals surface area contributed by atoms with E-state index in [1.807, 2.05) is 7.05 Å². The average molecular weight is 230 g/mol. The first-order valence-corrected chi connectivity index (χ1v) is 6.15. The lowest BCUT2D eigenvalue weighted by molar-refractivity contribution is 0.362. The second-order valence-corrected chi connectivity index (χ2v) is 5.03. The molecule has 1 rings (SSSR count). The molecule has 1 aromatic rings. The highest BCUT2D eigenvalue weighted by Crippen LogP contribution is 2.29. The number of nitrogens with zero attached hydrogens (tertiary/aromatic N) is 1. The Kier molecular flexibility index (Phi) is 4.72. The third-order valence-electron chi connectivity index (χ3n) is 3.30. The van der Waals surface area contributed by atoms with Gasteiger partial charge in [0.1, 0.15) is 0 Å². The van der Waals surface area contributed by atoms with Gasteiger partial charge in [-0.1, -0.05) is 37.6 Å². The van der Waals surface area contributed by atoms with Crippen LogP contribution in [-0.2, 0) is 0 Å². The Morgan fingerprint density at radius 3 is 2.29 bits per heavy atom. The molecule has 0 spiro atoms. The van der Waals surface area contributed by atoms with Crippen molar-refractivity contribution in [1.82, 2.24) is 5.32 Å². The molecule has 92 valence electrons. The molecule has 1 aromatic carbocycles. The molecule has 0 heterocycles. The molecule has 2 unspecified atom stereocenters. The minimum Gasteiger partial charge on any atom is -0.312 e. The summed E-state index contributed by atoms with van der Waals surface area (Å²) in [5.41, 5.74) is 3.75. The first-order chi connectivity index (χ1) is 8.01. The van der Waals surface area contributed by atoms with E-state index in [2.05, 4.69) is 57.3 Å². The molecule has 0 saturated heterocycles. The minimum absolute atomic E-state index is 0.00130. The first-order valence-electron chi connectivity index (χ1n) is 6.15. The van der Waals surface area contributed by atoms with Crippen molar-refractivity contribution in [1.29, 1.82) is 5.26 Å². The highest BCUT2D eigenvalue weighted by molar-refractivity contribution is 5.34. The maximum absolute atomic E-state index is 9.31. The zero-order valence-electron chi connectivity index (χ0n) is 11.4. The fraction of sp³-hybridized carbons (Fsp3) is 0.533. The molecule has 0 bridgehead atoms. The molecular weight excluding hydrogens is 208 g/mol. The highest BCUT2D eigenvalue weighted by Gasteiger charge is 2.25. The maximum Gasteiger partial charge on any atom is 0.0681 e. The van der Waals surface area contributed by atoms with Crippen molar-refractivity contribution in [3.63, 3.8) is 0 Å². The van der Waals surface area contributed by atoms with Gasteiger partial charge in [-0.05, 0) is 37.9 Å². The zero-order chi connectivity index (χ0) is 13.0. The number of benzene rings is 1. The van der Waals surface area contributed by atoms with Gasteiger partial charge in [-0.2, -0.15) is 5.26 Å². The molecule has 17 heavy (non-hydrogen) atoms. The molecule has 0 amide bonds. The summed E-state index contributed by atoms with van der Waals surface area (Å²) < 4.78 is 0. The number of hydrogen-bond donors (Lipinski definition) is 1. The first kappa shape index (κ1) is 13.7. The van der Waals surface area contributed by atoms with E-state index in [-0.39, 0.29) is 12.0 Å². The van der Waals surface area contributed by atoms with Crippen LogP contribution >= 0.6 is 0 Å². The van der Waals surface area contributed by atoms with Crippen LogP contribution in [-0.4, -0.2) is 7.05 Å². The third-order valence-corrected chi connectivity index (χ3v) is 3.30. The summed E-state index contributed by atoms with van der Waals surface area (Å²) in [5.74, 6) is 0.347. The summed E-state index contributed by atoms with van der Waals surface area (Å²) in [4.78, 5) is 0. The Hall–Kier alpha value is -1.33. The average Bonchev–Trinajstić information content (AvgIpc) is 2.26. The van der Waals surface area contributed by atoms with Crippen LogP contribution < -0.4 is 5.32 Å². The van der Waals surface area contributed by atoms with Crippen molar-refractivity contribution in [2.75, 3.05) is 7.05 Å². The van der Waals surface area contributed by atoms with E-state index in [9.17, 15) is 5.26 Å². The summed E-state index contributed by atoms with van der Waals surface area (Å²) in [6.07, 6.45) is 0. The molecule has 0 fully saturated rings. The van der Waals surface area contributed by atoms with Crippen LogP contribution in [0.4, 0.5) is 0 Å². The van der Waals surface area contributed by atoms with Crippen LogP contribution in [0.2, 0.25) is 0 Å². The van der Waals surface area contributed by atoms with Gasteiger partial charge >= 0.3 is 0 Å². The molecule has 0 aliphatic carbocycles. The summed E-state index contributed by atoms with van der Waals surface area (Å²) in [5, 5.41) is 12.6. The van der Waals surface area contributed by atoms with Crippen LogP contribution in [0, 0.1) is 37.0 Å². The smallest absolute Gasteiger partial charge is 0.0681 e. The van der Waals surface area contributed by atoms with Crippen LogP contribution in [0.5, 0.6) is 0 Å². The van der Waals surface area contributed by atoms with Gasteiger partial charge in [-0.15, -0.1) is 0 Å². The van der Waals surface area contributed by atoms with E-state index < -0.39 is 0 Å². The van der Waals surface area contributed by atoms with Gasteiger partial charge in [0.2, 0.25) is 0 Å². The van der Waals surface area contributed by atoms with Gasteiger partial charge in [0.15, 0.2) is 0 Å². The number of hydrogen-bond acceptors (Lipinski definition) is 2. The Labute approximate surface area is 105 Å². The number of rotatable bonds is 4. The molecule has 2 heteroatoms. The molecule has 0 saturated carbocycles. The topological polar surface area (TPSA) is 35.8 Å². The van der Waals surface area contributed by atoms with Gasteiger partial charge in [0, 0.05) is 6.04 Å². The number of nitriles is 1. The van der Waals surface area contributed by atoms with E-state index in [0.717, 1.165) is 0 Å². The third kappa shape index (κ3) is 3.08. The molecule has 0 aliphatic rings. The summed E-state index contributed by atoms with van der Waals surface area (Å²) in [6, 6.07) is 8.97. The highest BCUT2D eigenvalue weighted by atomic mass is 14.9. The predicted octanol–water partition coefficient (Wildman–Crippen LogP) is 3.36. The standard InChI is InChI=1S/C15H22N2/c1-10(2)14(9-16)15(17-5)13-7-6-11(3)8-12(13)4/h6-8,10,14-15,17H,1-5H3. The van der Waals surface area contributed by atoms with Crippen molar-refractivity contribution in [2.24, 2.45) is 11.8 Å². The van der Waals surface area contributed by atoms with E-state index >= 15 is 0 Å². The number of nitrogens with one attached hydrogen (secondary N) is 1. The van der Waals surface area contributed by atoms with Crippen LogP contribution in [0.15, 0.2) is 18.2 Å². The second kappa shape index (κ2) is 5.84. The van der Waals surface area contributed by atoms with Crippen molar-refractivity contribution >= 4 is 0 Å². The van der Waals surface area contributed by atoms with E-state index in [0.29, 0.717) is 5.92 Å². The molecule has 2 atom stereocenters. The van der Waals surface area contributed by atoms with Crippen molar-refractivity contribution < 1.29 is 0 Å². The van der Waals surface area contributed by atoms with E-state index in [4.69, 9.17) is 0 Å². The largest absolute Gasteiger partial charge is 0.312 e. The lowest BCUT2D eigenvalue weighted by atomic mass is 9.84. The Morgan fingerprint density at radius 2 is 1.88 bits per heavy atom.